The predicted octanol–water partition coefficient (Wildman–Crippen LogP) is 6.49. The molecular formula is C30H35O5P. The zero-order valence-electron chi connectivity index (χ0n) is 22.6. The molecule has 3 rings (SSSR count). The highest BCUT2D eigenvalue weighted by Gasteiger charge is 2.32. The summed E-state index contributed by atoms with van der Waals surface area (Å²) in [5, 5.41) is 0.216. The van der Waals surface area contributed by atoms with E-state index in [1.165, 1.54) is 14.2 Å². The molecule has 0 fully saturated rings. The summed E-state index contributed by atoms with van der Waals surface area (Å²) < 4.78 is 25.3. The molecular weight excluding hydrogens is 471 g/mol. The molecule has 3 aromatic carbocycles. The Hall–Kier alpha value is -3.17. The minimum atomic E-state index is -3.07. The summed E-state index contributed by atoms with van der Waals surface area (Å²) in [6, 6.07) is 12.9. The highest BCUT2D eigenvalue weighted by Crippen LogP contribution is 2.42. The smallest absolute Gasteiger partial charge is 0.223 e. The lowest BCUT2D eigenvalue weighted by atomic mass is 9.84. The molecule has 0 saturated heterocycles. The molecule has 0 N–H and O–H groups in total. The van der Waals surface area contributed by atoms with Crippen LogP contribution >= 0.6 is 7.80 Å². The highest BCUT2D eigenvalue weighted by molar-refractivity contribution is 7.72. The molecule has 0 bridgehead atoms. The van der Waals surface area contributed by atoms with Crippen molar-refractivity contribution in [2.75, 3.05) is 14.2 Å². The van der Waals surface area contributed by atoms with Crippen molar-refractivity contribution >= 4 is 24.4 Å². The Morgan fingerprint density at radius 1 is 0.778 bits per heavy atom. The summed E-state index contributed by atoms with van der Waals surface area (Å²) in [4.78, 5) is 27.1. The van der Waals surface area contributed by atoms with Crippen molar-refractivity contribution in [3.8, 4) is 11.5 Å². The maximum atomic E-state index is 13.9. The van der Waals surface area contributed by atoms with E-state index in [1.54, 1.807) is 38.1 Å². The van der Waals surface area contributed by atoms with Gasteiger partial charge < -0.3 is 14.0 Å². The van der Waals surface area contributed by atoms with E-state index >= 15 is 0 Å². The first kappa shape index (κ1) is 27.4. The van der Waals surface area contributed by atoms with Gasteiger partial charge in [-0.15, -0.1) is 0 Å². The molecule has 0 aliphatic carbocycles. The zero-order chi connectivity index (χ0) is 26.9. The van der Waals surface area contributed by atoms with Crippen molar-refractivity contribution in [3.05, 3.63) is 87.0 Å². The summed E-state index contributed by atoms with van der Waals surface area (Å²) in [5.74, 6) is 0.301. The van der Waals surface area contributed by atoms with Crippen molar-refractivity contribution in [1.82, 2.24) is 0 Å². The van der Waals surface area contributed by atoms with Gasteiger partial charge in [-0.3, -0.25) is 9.59 Å². The Morgan fingerprint density at radius 3 is 1.67 bits per heavy atom. The van der Waals surface area contributed by atoms with E-state index in [0.29, 0.717) is 27.8 Å². The Labute approximate surface area is 214 Å². The number of carbonyl (C=O) groups excluding carboxylic acids is 2. The lowest BCUT2D eigenvalue weighted by molar-refractivity contribution is 0.103. The van der Waals surface area contributed by atoms with Crippen LogP contribution in [0.25, 0.3) is 0 Å². The largest absolute Gasteiger partial charge is 0.496 e. The summed E-state index contributed by atoms with van der Waals surface area (Å²) >= 11 is 0. The number of rotatable bonds is 7. The van der Waals surface area contributed by atoms with Crippen molar-refractivity contribution in [1.29, 1.82) is 0 Å². The third kappa shape index (κ3) is 4.90. The zero-order valence-corrected chi connectivity index (χ0v) is 23.6. The second-order valence-corrected chi connectivity index (χ2v) is 11.8. The molecule has 1 unspecified atom stereocenters. The number of hydrogen-bond donors (Lipinski definition) is 0. The van der Waals surface area contributed by atoms with Gasteiger partial charge in [0.2, 0.25) is 5.52 Å². The van der Waals surface area contributed by atoms with Crippen LogP contribution in [0.15, 0.2) is 42.5 Å². The number of methoxy groups -OCH3 is 2. The molecule has 0 heterocycles. The van der Waals surface area contributed by atoms with Crippen LogP contribution in [-0.2, 0) is 9.98 Å². The van der Waals surface area contributed by atoms with Gasteiger partial charge in [-0.2, -0.15) is 0 Å². The minimum Gasteiger partial charge on any atom is -0.496 e. The standard InChI is InChI=1S/C30H35O5P/c1-17-15-22(30(5,6)7)16-18(2)23(17)29(32)36(33)28-26(34-8)19(3)24(20(4)27(28)35-9)25(31)21-13-11-10-12-14-21/h10-16,36H,1-9H3. The van der Waals surface area contributed by atoms with Crippen molar-refractivity contribution in [3.63, 3.8) is 0 Å². The van der Waals surface area contributed by atoms with Gasteiger partial charge in [-0.25, -0.2) is 0 Å². The third-order valence-corrected chi connectivity index (χ3v) is 8.19. The number of ketones is 1. The van der Waals surface area contributed by atoms with E-state index in [-0.39, 0.29) is 28.0 Å². The molecule has 1 atom stereocenters. The molecule has 0 aliphatic heterocycles. The van der Waals surface area contributed by atoms with Gasteiger partial charge in [0.05, 0.1) is 14.2 Å². The average molecular weight is 507 g/mol. The van der Waals surface area contributed by atoms with Gasteiger partial charge in [0.25, 0.3) is 0 Å². The Morgan fingerprint density at radius 2 is 1.25 bits per heavy atom. The summed E-state index contributed by atoms with van der Waals surface area (Å²) in [6.45, 7) is 13.6. The molecule has 3 aromatic rings. The SMILES string of the molecule is COc1c(C)c(C(=O)c2ccccc2)c(C)c(OC)c1[PH](=O)C(=O)c1c(C)cc(C(C)(C)C)cc1C. The van der Waals surface area contributed by atoms with Crippen LogP contribution in [-0.4, -0.2) is 25.5 Å². The second-order valence-electron chi connectivity index (χ2n) is 10.2. The lowest BCUT2D eigenvalue weighted by Gasteiger charge is -2.23. The fraction of sp³-hybridized carbons (Fsp3) is 0.333. The van der Waals surface area contributed by atoms with E-state index in [9.17, 15) is 14.2 Å². The normalized spacial score (nSPS) is 12.2. The molecule has 0 aromatic heterocycles. The Kier molecular flexibility index (Phi) is 7.95. The number of ether oxygens (including phenoxy) is 2. The minimum absolute atomic E-state index is 0.0792. The molecule has 0 saturated carbocycles. The van der Waals surface area contributed by atoms with Crippen molar-refractivity contribution < 1.29 is 23.6 Å². The Balaban J connectivity index is 2.21. The molecule has 5 nitrogen and oxygen atoms in total. The van der Waals surface area contributed by atoms with Crippen molar-refractivity contribution in [2.24, 2.45) is 0 Å². The van der Waals surface area contributed by atoms with Crippen LogP contribution in [0.4, 0.5) is 0 Å². The molecule has 0 aliphatic rings. The van der Waals surface area contributed by atoms with Crippen LogP contribution < -0.4 is 14.8 Å². The van der Waals surface area contributed by atoms with Crippen molar-refractivity contribution in [2.45, 2.75) is 53.9 Å². The predicted molar refractivity (Wildman–Crippen MR) is 146 cm³/mol. The molecule has 0 radical (unpaired) electrons. The van der Waals surface area contributed by atoms with Crippen LogP contribution in [0.3, 0.4) is 0 Å². The van der Waals surface area contributed by atoms with Gasteiger partial charge in [0, 0.05) is 27.8 Å². The van der Waals surface area contributed by atoms with E-state index in [0.717, 1.165) is 16.7 Å². The van der Waals surface area contributed by atoms with Crippen LogP contribution in [0.5, 0.6) is 11.5 Å². The number of aryl methyl sites for hydroxylation is 2. The average Bonchev–Trinajstić information content (AvgIpc) is 2.82. The maximum Gasteiger partial charge on any atom is 0.223 e. The number of carbonyl (C=O) groups is 2. The molecule has 0 spiro atoms. The van der Waals surface area contributed by atoms with Gasteiger partial charge in [0.1, 0.15) is 16.8 Å². The third-order valence-electron chi connectivity index (χ3n) is 6.62. The number of benzene rings is 3. The van der Waals surface area contributed by atoms with E-state index in [4.69, 9.17) is 9.47 Å². The first-order valence-corrected chi connectivity index (χ1v) is 13.3. The summed E-state index contributed by atoms with van der Waals surface area (Å²) in [5.41, 5.74) is 4.60. The second kappa shape index (κ2) is 10.4. The van der Waals surface area contributed by atoms with Crippen LogP contribution in [0.2, 0.25) is 0 Å². The van der Waals surface area contributed by atoms with Gasteiger partial charge in [-0.1, -0.05) is 63.2 Å². The molecule has 0 amide bonds. The highest BCUT2D eigenvalue weighted by atomic mass is 31.1. The van der Waals surface area contributed by atoms with Gasteiger partial charge in [-0.05, 0) is 49.8 Å². The fourth-order valence-electron chi connectivity index (χ4n) is 4.76. The van der Waals surface area contributed by atoms with Gasteiger partial charge in [0.15, 0.2) is 13.6 Å². The molecule has 190 valence electrons. The molecule has 6 heteroatoms. The topological polar surface area (TPSA) is 69.7 Å². The Bertz CT molecular complexity index is 1310. The van der Waals surface area contributed by atoms with Crippen LogP contribution in [0.1, 0.15) is 74.9 Å². The fourth-order valence-corrected chi connectivity index (χ4v) is 6.60. The van der Waals surface area contributed by atoms with Gasteiger partial charge >= 0.3 is 0 Å². The first-order chi connectivity index (χ1) is 16.8. The van der Waals surface area contributed by atoms with E-state index < -0.39 is 13.3 Å². The quantitative estimate of drug-likeness (QED) is 0.271. The van der Waals surface area contributed by atoms with E-state index in [2.05, 4.69) is 20.8 Å². The number of hydrogen-bond acceptors (Lipinski definition) is 5. The van der Waals surface area contributed by atoms with Crippen LogP contribution in [0, 0.1) is 27.7 Å². The maximum absolute atomic E-state index is 13.9. The molecule has 36 heavy (non-hydrogen) atoms. The monoisotopic (exact) mass is 506 g/mol. The summed E-state index contributed by atoms with van der Waals surface area (Å²) in [6.07, 6.45) is 0. The summed E-state index contributed by atoms with van der Waals surface area (Å²) in [7, 11) is -0.173. The first-order valence-electron chi connectivity index (χ1n) is 11.9. The lowest BCUT2D eigenvalue weighted by Crippen LogP contribution is -2.19. The van der Waals surface area contributed by atoms with E-state index in [1.807, 2.05) is 32.0 Å².